The fourth-order valence-electron chi connectivity index (χ4n) is 2.55. The quantitative estimate of drug-likeness (QED) is 0.817. The molecule has 1 atom stereocenters. The van der Waals surface area contributed by atoms with Gasteiger partial charge in [0.05, 0.1) is 0 Å². The van der Waals surface area contributed by atoms with Crippen molar-refractivity contribution < 1.29 is 9.53 Å². The third-order valence-electron chi connectivity index (χ3n) is 3.56. The van der Waals surface area contributed by atoms with Crippen LogP contribution in [0.4, 0.5) is 10.6 Å². The molecule has 122 valence electrons. The Kier molecular flexibility index (Phi) is 5.32. The summed E-state index contributed by atoms with van der Waals surface area (Å²) in [5.74, 6) is 1.44. The average Bonchev–Trinajstić information content (AvgIpc) is 2.86. The van der Waals surface area contributed by atoms with Gasteiger partial charge in [0.2, 0.25) is 0 Å². The molecule has 1 saturated heterocycles. The fourth-order valence-corrected chi connectivity index (χ4v) is 2.78. The van der Waals surface area contributed by atoms with E-state index in [-0.39, 0.29) is 6.09 Å². The Hall–Kier alpha value is -1.30. The molecule has 1 aromatic rings. The van der Waals surface area contributed by atoms with Crippen LogP contribution >= 0.6 is 15.9 Å². The average molecular weight is 370 g/mol. The minimum Gasteiger partial charge on any atom is -0.444 e. The normalized spacial score (nSPS) is 18.4. The van der Waals surface area contributed by atoms with Crippen molar-refractivity contribution in [2.75, 3.05) is 31.6 Å². The first-order valence-corrected chi connectivity index (χ1v) is 8.34. The SMILES string of the molecule is CN(CC1CCN(c2ccc(Br)cn2)C1)C(=O)OC(C)(C)C. The van der Waals surface area contributed by atoms with Gasteiger partial charge in [-0.05, 0) is 61.2 Å². The molecule has 5 nitrogen and oxygen atoms in total. The van der Waals surface area contributed by atoms with Crippen molar-refractivity contribution in [1.29, 1.82) is 0 Å². The number of pyridine rings is 1. The molecule has 0 radical (unpaired) electrons. The van der Waals surface area contributed by atoms with E-state index in [1.54, 1.807) is 11.9 Å². The van der Waals surface area contributed by atoms with E-state index in [2.05, 4.69) is 25.8 Å². The number of halogens is 1. The van der Waals surface area contributed by atoms with Crippen LogP contribution in [-0.2, 0) is 4.74 Å². The van der Waals surface area contributed by atoms with E-state index in [1.165, 1.54) is 0 Å². The summed E-state index contributed by atoms with van der Waals surface area (Å²) in [6, 6.07) is 4.02. The Labute approximate surface area is 140 Å². The van der Waals surface area contributed by atoms with Gasteiger partial charge in [0.15, 0.2) is 0 Å². The highest BCUT2D eigenvalue weighted by Gasteiger charge is 2.27. The van der Waals surface area contributed by atoms with Gasteiger partial charge in [-0.2, -0.15) is 0 Å². The molecule has 22 heavy (non-hydrogen) atoms. The van der Waals surface area contributed by atoms with Gasteiger partial charge in [0.1, 0.15) is 11.4 Å². The number of rotatable bonds is 3. The second-order valence-electron chi connectivity index (χ2n) is 6.80. The lowest BCUT2D eigenvalue weighted by molar-refractivity contribution is 0.0277. The van der Waals surface area contributed by atoms with E-state index >= 15 is 0 Å². The zero-order valence-electron chi connectivity index (χ0n) is 13.7. The number of aromatic nitrogens is 1. The molecule has 6 heteroatoms. The van der Waals surface area contributed by atoms with Crippen LogP contribution in [0.25, 0.3) is 0 Å². The van der Waals surface area contributed by atoms with Gasteiger partial charge in [-0.3, -0.25) is 0 Å². The first-order valence-electron chi connectivity index (χ1n) is 7.55. The monoisotopic (exact) mass is 369 g/mol. The Bertz CT molecular complexity index is 513. The van der Waals surface area contributed by atoms with Crippen molar-refractivity contribution in [2.24, 2.45) is 5.92 Å². The second kappa shape index (κ2) is 6.86. The molecule has 1 aliphatic heterocycles. The molecule has 1 aromatic heterocycles. The van der Waals surface area contributed by atoms with E-state index in [0.717, 1.165) is 29.8 Å². The Balaban J connectivity index is 1.85. The lowest BCUT2D eigenvalue weighted by atomic mass is 10.1. The van der Waals surface area contributed by atoms with Crippen molar-refractivity contribution in [3.05, 3.63) is 22.8 Å². The summed E-state index contributed by atoms with van der Waals surface area (Å²) >= 11 is 3.40. The number of hydrogen-bond acceptors (Lipinski definition) is 4. The molecule has 1 aliphatic rings. The van der Waals surface area contributed by atoms with Crippen LogP contribution in [0.15, 0.2) is 22.8 Å². The van der Waals surface area contributed by atoms with Gasteiger partial charge in [-0.15, -0.1) is 0 Å². The van der Waals surface area contributed by atoms with Gasteiger partial charge in [0, 0.05) is 37.4 Å². The van der Waals surface area contributed by atoms with Gasteiger partial charge in [0.25, 0.3) is 0 Å². The lowest BCUT2D eigenvalue weighted by Gasteiger charge is -2.26. The van der Waals surface area contributed by atoms with Crippen molar-refractivity contribution >= 4 is 27.8 Å². The topological polar surface area (TPSA) is 45.7 Å². The molecular formula is C16H24BrN3O2. The van der Waals surface area contributed by atoms with Gasteiger partial charge < -0.3 is 14.5 Å². The molecule has 2 rings (SSSR count). The summed E-state index contributed by atoms with van der Waals surface area (Å²) in [5.41, 5.74) is -0.450. The molecule has 1 amide bonds. The van der Waals surface area contributed by atoms with Crippen LogP contribution in [0.2, 0.25) is 0 Å². The third-order valence-corrected chi connectivity index (χ3v) is 4.03. The largest absolute Gasteiger partial charge is 0.444 e. The second-order valence-corrected chi connectivity index (χ2v) is 7.71. The molecule has 0 aromatic carbocycles. The van der Waals surface area contributed by atoms with E-state index in [4.69, 9.17) is 4.74 Å². The first kappa shape index (κ1) is 17.1. The van der Waals surface area contributed by atoms with E-state index in [1.807, 2.05) is 39.1 Å². The van der Waals surface area contributed by atoms with Crippen LogP contribution in [0, 0.1) is 5.92 Å². The lowest BCUT2D eigenvalue weighted by Crippen LogP contribution is -2.37. The Morgan fingerprint density at radius 1 is 1.50 bits per heavy atom. The standard InChI is InChI=1S/C16H24BrN3O2/c1-16(2,3)22-15(21)19(4)10-12-7-8-20(11-12)14-6-5-13(17)9-18-14/h5-6,9,12H,7-8,10-11H2,1-4H3. The molecule has 0 N–H and O–H groups in total. The van der Waals surface area contributed by atoms with Gasteiger partial charge in [-0.25, -0.2) is 9.78 Å². The van der Waals surface area contributed by atoms with Crippen LogP contribution in [-0.4, -0.2) is 48.3 Å². The zero-order chi connectivity index (χ0) is 16.3. The summed E-state index contributed by atoms with van der Waals surface area (Å²) < 4.78 is 6.37. The molecule has 0 spiro atoms. The van der Waals surface area contributed by atoms with Crippen molar-refractivity contribution in [3.63, 3.8) is 0 Å². The molecule has 0 bridgehead atoms. The minimum atomic E-state index is -0.450. The summed E-state index contributed by atoms with van der Waals surface area (Å²) in [7, 11) is 1.80. The summed E-state index contributed by atoms with van der Waals surface area (Å²) in [4.78, 5) is 20.4. The third kappa shape index (κ3) is 4.87. The smallest absolute Gasteiger partial charge is 0.410 e. The maximum Gasteiger partial charge on any atom is 0.410 e. The molecule has 0 saturated carbocycles. The maximum absolute atomic E-state index is 12.0. The number of carbonyl (C=O) groups excluding carboxylic acids is 1. The molecule has 2 heterocycles. The first-order chi connectivity index (χ1) is 10.2. The molecule has 1 unspecified atom stereocenters. The molecule has 0 aliphatic carbocycles. The van der Waals surface area contributed by atoms with E-state index in [0.29, 0.717) is 12.5 Å². The summed E-state index contributed by atoms with van der Waals surface area (Å²) in [6.45, 7) is 8.25. The number of carbonyl (C=O) groups is 1. The number of hydrogen-bond donors (Lipinski definition) is 0. The van der Waals surface area contributed by atoms with Gasteiger partial charge in [-0.1, -0.05) is 0 Å². The van der Waals surface area contributed by atoms with Gasteiger partial charge >= 0.3 is 6.09 Å². The van der Waals surface area contributed by atoms with Crippen LogP contribution < -0.4 is 4.90 Å². The van der Waals surface area contributed by atoms with E-state index in [9.17, 15) is 4.79 Å². The van der Waals surface area contributed by atoms with Crippen molar-refractivity contribution in [1.82, 2.24) is 9.88 Å². The Morgan fingerprint density at radius 3 is 2.82 bits per heavy atom. The van der Waals surface area contributed by atoms with Crippen LogP contribution in [0.3, 0.4) is 0 Å². The zero-order valence-corrected chi connectivity index (χ0v) is 15.3. The van der Waals surface area contributed by atoms with Crippen molar-refractivity contribution in [2.45, 2.75) is 32.8 Å². The highest BCUT2D eigenvalue weighted by atomic mass is 79.9. The van der Waals surface area contributed by atoms with Crippen LogP contribution in [0.1, 0.15) is 27.2 Å². The number of ether oxygens (including phenoxy) is 1. The highest BCUT2D eigenvalue weighted by Crippen LogP contribution is 2.24. The molecule has 1 fully saturated rings. The van der Waals surface area contributed by atoms with E-state index < -0.39 is 5.60 Å². The summed E-state index contributed by atoms with van der Waals surface area (Å²) in [5, 5.41) is 0. The Morgan fingerprint density at radius 2 is 2.23 bits per heavy atom. The predicted molar refractivity (Wildman–Crippen MR) is 91.1 cm³/mol. The molecular weight excluding hydrogens is 346 g/mol. The number of amides is 1. The number of anilines is 1. The predicted octanol–water partition coefficient (Wildman–Crippen LogP) is 3.54. The highest BCUT2D eigenvalue weighted by molar-refractivity contribution is 9.10. The minimum absolute atomic E-state index is 0.257. The fraction of sp³-hybridized carbons (Fsp3) is 0.625. The van der Waals surface area contributed by atoms with Crippen molar-refractivity contribution in [3.8, 4) is 0 Å². The maximum atomic E-state index is 12.0. The summed E-state index contributed by atoms with van der Waals surface area (Å²) in [6.07, 6.45) is 2.62. The number of nitrogens with zero attached hydrogens (tertiary/aromatic N) is 3. The van der Waals surface area contributed by atoms with Crippen LogP contribution in [0.5, 0.6) is 0 Å².